The van der Waals surface area contributed by atoms with Gasteiger partial charge in [0, 0.05) is 25.6 Å². The maximum absolute atomic E-state index is 13.2. The first-order valence-corrected chi connectivity index (χ1v) is 12.0. The van der Waals surface area contributed by atoms with Gasteiger partial charge in [-0.15, -0.1) is 0 Å². The fourth-order valence-electron chi connectivity index (χ4n) is 4.54. The molecular weight excluding hydrogens is 406 g/mol. The van der Waals surface area contributed by atoms with Crippen molar-refractivity contribution in [2.24, 2.45) is 5.92 Å². The molecule has 3 heterocycles. The summed E-state index contributed by atoms with van der Waals surface area (Å²) in [6.07, 6.45) is 3.57. The van der Waals surface area contributed by atoms with Crippen molar-refractivity contribution in [3.8, 4) is 6.07 Å². The molecule has 1 unspecified atom stereocenters. The zero-order valence-electron chi connectivity index (χ0n) is 16.9. The molecule has 8 nitrogen and oxygen atoms in total. The normalized spacial score (nSPS) is 24.6. The van der Waals surface area contributed by atoms with Gasteiger partial charge < -0.3 is 14.4 Å². The fourth-order valence-corrected chi connectivity index (χ4v) is 6.01. The van der Waals surface area contributed by atoms with Crippen molar-refractivity contribution in [3.05, 3.63) is 29.8 Å². The highest BCUT2D eigenvalue weighted by Crippen LogP contribution is 2.30. The van der Waals surface area contributed by atoms with E-state index in [4.69, 9.17) is 14.7 Å². The first-order chi connectivity index (χ1) is 14.5. The predicted molar refractivity (Wildman–Crippen MR) is 108 cm³/mol. The Morgan fingerprint density at radius 2 is 1.67 bits per heavy atom. The number of piperidine rings is 2. The third-order valence-corrected chi connectivity index (χ3v) is 8.13. The van der Waals surface area contributed by atoms with Crippen LogP contribution < -0.4 is 0 Å². The van der Waals surface area contributed by atoms with Crippen LogP contribution in [0.3, 0.4) is 0 Å². The summed E-state index contributed by atoms with van der Waals surface area (Å²) in [5.41, 5.74) is 0.421. The van der Waals surface area contributed by atoms with E-state index < -0.39 is 10.0 Å². The number of carbonyl (C=O) groups excluding carboxylic acids is 1. The molecule has 1 aromatic carbocycles. The maximum atomic E-state index is 13.2. The number of benzene rings is 1. The number of nitriles is 1. The van der Waals surface area contributed by atoms with E-state index in [9.17, 15) is 13.2 Å². The molecule has 0 N–H and O–H groups in total. The first kappa shape index (κ1) is 21.2. The molecule has 1 atom stereocenters. The van der Waals surface area contributed by atoms with E-state index in [1.807, 2.05) is 11.0 Å². The van der Waals surface area contributed by atoms with Gasteiger partial charge in [-0.05, 0) is 56.4 Å². The fraction of sp³-hybridized carbons (Fsp3) is 0.619. The number of likely N-dealkylation sites (tertiary alicyclic amines) is 1. The van der Waals surface area contributed by atoms with Crippen LogP contribution in [-0.4, -0.2) is 68.7 Å². The standard InChI is InChI=1S/C21H27N3O5S/c22-15-16-4-6-18(7-5-16)30(26,27)23-11-8-17(9-12-23)20(25)24-10-2-1-3-19(24)21-28-13-14-29-21/h4-7,17,19,21H,1-3,8-14H2. The highest BCUT2D eigenvalue weighted by molar-refractivity contribution is 7.89. The third-order valence-electron chi connectivity index (χ3n) is 6.22. The van der Waals surface area contributed by atoms with E-state index in [2.05, 4.69) is 0 Å². The van der Waals surface area contributed by atoms with E-state index in [-0.39, 0.29) is 29.1 Å². The average molecular weight is 434 g/mol. The molecule has 1 aromatic rings. The average Bonchev–Trinajstić information content (AvgIpc) is 3.33. The highest BCUT2D eigenvalue weighted by atomic mass is 32.2. The highest BCUT2D eigenvalue weighted by Gasteiger charge is 2.40. The molecule has 3 saturated heterocycles. The van der Waals surface area contributed by atoms with E-state index in [1.54, 1.807) is 0 Å². The van der Waals surface area contributed by atoms with Crippen LogP contribution in [0.25, 0.3) is 0 Å². The summed E-state index contributed by atoms with van der Waals surface area (Å²) in [6.45, 7) is 2.46. The Morgan fingerprint density at radius 1 is 1.00 bits per heavy atom. The lowest BCUT2D eigenvalue weighted by molar-refractivity contribution is -0.155. The molecule has 3 aliphatic heterocycles. The van der Waals surface area contributed by atoms with Crippen LogP contribution in [0.5, 0.6) is 0 Å². The second-order valence-electron chi connectivity index (χ2n) is 8.02. The van der Waals surface area contributed by atoms with Gasteiger partial charge >= 0.3 is 0 Å². The van der Waals surface area contributed by atoms with Gasteiger partial charge in [-0.2, -0.15) is 9.57 Å². The van der Waals surface area contributed by atoms with Crippen LogP contribution in [0.4, 0.5) is 0 Å². The minimum absolute atomic E-state index is 0.0471. The molecule has 0 aliphatic carbocycles. The molecule has 1 amide bonds. The van der Waals surface area contributed by atoms with Crippen molar-refractivity contribution in [3.63, 3.8) is 0 Å². The van der Waals surface area contributed by atoms with Crippen LogP contribution in [0, 0.1) is 17.2 Å². The molecular formula is C21H27N3O5S. The molecule has 30 heavy (non-hydrogen) atoms. The number of carbonyl (C=O) groups is 1. The summed E-state index contributed by atoms with van der Waals surface area (Å²) in [4.78, 5) is 15.3. The quantitative estimate of drug-likeness (QED) is 0.717. The second kappa shape index (κ2) is 9.02. The smallest absolute Gasteiger partial charge is 0.243 e. The van der Waals surface area contributed by atoms with Gasteiger partial charge in [0.2, 0.25) is 15.9 Å². The summed E-state index contributed by atoms with van der Waals surface area (Å²) in [6, 6.07) is 7.88. The number of amides is 1. The zero-order valence-corrected chi connectivity index (χ0v) is 17.7. The number of sulfonamides is 1. The molecule has 3 fully saturated rings. The van der Waals surface area contributed by atoms with Crippen LogP contribution >= 0.6 is 0 Å². The Bertz CT molecular complexity index is 898. The molecule has 0 saturated carbocycles. The minimum Gasteiger partial charge on any atom is -0.348 e. The van der Waals surface area contributed by atoms with Crippen LogP contribution in [0.15, 0.2) is 29.2 Å². The number of hydrogen-bond acceptors (Lipinski definition) is 6. The number of rotatable bonds is 4. The molecule has 9 heteroatoms. The van der Waals surface area contributed by atoms with Crippen molar-refractivity contribution >= 4 is 15.9 Å². The first-order valence-electron chi connectivity index (χ1n) is 10.5. The van der Waals surface area contributed by atoms with Gasteiger partial charge in [-0.25, -0.2) is 8.42 Å². The number of nitrogens with zero attached hydrogens (tertiary/aromatic N) is 3. The largest absolute Gasteiger partial charge is 0.348 e. The van der Waals surface area contributed by atoms with Crippen molar-refractivity contribution in [1.82, 2.24) is 9.21 Å². The second-order valence-corrected chi connectivity index (χ2v) is 9.96. The van der Waals surface area contributed by atoms with Crippen molar-refractivity contribution < 1.29 is 22.7 Å². The summed E-state index contributed by atoms with van der Waals surface area (Å²) in [7, 11) is -3.63. The van der Waals surface area contributed by atoms with Gasteiger partial charge in [0.15, 0.2) is 6.29 Å². The van der Waals surface area contributed by atoms with Crippen LogP contribution in [0.1, 0.15) is 37.7 Å². The lowest BCUT2D eigenvalue weighted by Gasteiger charge is -2.41. The van der Waals surface area contributed by atoms with Crippen molar-refractivity contribution in [1.29, 1.82) is 5.26 Å². The maximum Gasteiger partial charge on any atom is 0.243 e. The van der Waals surface area contributed by atoms with Gasteiger partial charge in [0.1, 0.15) is 0 Å². The zero-order chi connectivity index (χ0) is 21.1. The summed E-state index contributed by atoms with van der Waals surface area (Å²) in [5, 5.41) is 8.90. The third kappa shape index (κ3) is 4.23. The topological polar surface area (TPSA) is 99.9 Å². The Hall–Kier alpha value is -1.99. The SMILES string of the molecule is N#Cc1ccc(S(=O)(=O)N2CCC(C(=O)N3CCCCC3C3OCCO3)CC2)cc1. The monoisotopic (exact) mass is 433 g/mol. The van der Waals surface area contributed by atoms with Gasteiger partial charge in [-0.3, -0.25) is 4.79 Å². The van der Waals surface area contributed by atoms with E-state index in [1.165, 1.54) is 28.6 Å². The Morgan fingerprint density at radius 3 is 2.30 bits per heavy atom. The molecule has 0 bridgehead atoms. The Balaban J connectivity index is 1.39. The lowest BCUT2D eigenvalue weighted by atomic mass is 9.93. The van der Waals surface area contributed by atoms with Crippen molar-refractivity contribution in [2.75, 3.05) is 32.8 Å². The summed E-state index contributed by atoms with van der Waals surface area (Å²) >= 11 is 0. The molecule has 0 radical (unpaired) electrons. The van der Waals surface area contributed by atoms with Gasteiger partial charge in [0.25, 0.3) is 0 Å². The number of ether oxygens (including phenoxy) is 2. The molecule has 0 aromatic heterocycles. The Kier molecular flexibility index (Phi) is 6.39. The predicted octanol–water partition coefficient (Wildman–Crippen LogP) is 1.71. The molecule has 162 valence electrons. The minimum atomic E-state index is -3.63. The van der Waals surface area contributed by atoms with E-state index in [0.29, 0.717) is 51.3 Å². The van der Waals surface area contributed by atoms with E-state index in [0.717, 1.165) is 19.3 Å². The molecule has 3 aliphatic rings. The van der Waals surface area contributed by atoms with E-state index >= 15 is 0 Å². The molecule has 4 rings (SSSR count). The van der Waals surface area contributed by atoms with Crippen LogP contribution in [-0.2, 0) is 24.3 Å². The number of hydrogen-bond donors (Lipinski definition) is 0. The van der Waals surface area contributed by atoms with Gasteiger partial charge in [-0.1, -0.05) is 0 Å². The Labute approximate surface area is 177 Å². The lowest BCUT2D eigenvalue weighted by Crippen LogP contribution is -2.53. The summed E-state index contributed by atoms with van der Waals surface area (Å²) < 4.78 is 38.6. The van der Waals surface area contributed by atoms with Gasteiger partial charge in [0.05, 0.1) is 35.8 Å². The molecule has 0 spiro atoms. The summed E-state index contributed by atoms with van der Waals surface area (Å²) in [5.74, 6) is -0.0892. The van der Waals surface area contributed by atoms with Crippen molar-refractivity contribution in [2.45, 2.75) is 49.3 Å². The van der Waals surface area contributed by atoms with Crippen LogP contribution in [0.2, 0.25) is 0 Å².